The van der Waals surface area contributed by atoms with Gasteiger partial charge in [-0.2, -0.15) is 0 Å². The lowest BCUT2D eigenvalue weighted by atomic mass is 9.82. The average molecular weight is 294 g/mol. The number of rotatable bonds is 6. The zero-order valence-electron chi connectivity index (χ0n) is 14.8. The fraction of sp³-hybridized carbons (Fsp3) is 0.455. The van der Waals surface area contributed by atoms with Crippen LogP contribution in [0, 0.1) is 11.8 Å². The molecule has 1 atom stereocenters. The normalized spacial score (nSPS) is 12.9. The molecule has 0 heterocycles. The second-order valence-electron chi connectivity index (χ2n) is 7.15. The van der Waals surface area contributed by atoms with Gasteiger partial charge in [0, 0.05) is 0 Å². The SMILES string of the molecule is CCc1ccc(-c2ccc([C@H](CC(C)C)C(C)C)cc2)cc1. The third kappa shape index (κ3) is 4.22. The van der Waals surface area contributed by atoms with Gasteiger partial charge in [-0.25, -0.2) is 0 Å². The third-order valence-corrected chi connectivity index (χ3v) is 4.56. The van der Waals surface area contributed by atoms with Crippen LogP contribution in [0.15, 0.2) is 48.5 Å². The Labute approximate surface area is 136 Å². The van der Waals surface area contributed by atoms with Crippen molar-refractivity contribution in [3.8, 4) is 11.1 Å². The molecule has 0 aliphatic heterocycles. The van der Waals surface area contributed by atoms with Crippen molar-refractivity contribution in [1.29, 1.82) is 0 Å². The maximum atomic E-state index is 2.34. The van der Waals surface area contributed by atoms with E-state index in [0.717, 1.165) is 12.3 Å². The Kier molecular flexibility index (Phi) is 5.83. The molecule has 0 saturated carbocycles. The van der Waals surface area contributed by atoms with Crippen LogP contribution < -0.4 is 0 Å². The van der Waals surface area contributed by atoms with Gasteiger partial charge in [-0.05, 0) is 52.8 Å². The summed E-state index contributed by atoms with van der Waals surface area (Å²) in [6.07, 6.45) is 2.37. The first kappa shape index (κ1) is 16.8. The van der Waals surface area contributed by atoms with E-state index in [1.807, 2.05) is 0 Å². The molecular weight excluding hydrogens is 264 g/mol. The second kappa shape index (κ2) is 7.63. The van der Waals surface area contributed by atoms with E-state index in [1.54, 1.807) is 0 Å². The Morgan fingerprint density at radius 1 is 0.727 bits per heavy atom. The van der Waals surface area contributed by atoms with Gasteiger partial charge in [0.25, 0.3) is 0 Å². The molecule has 0 nitrogen and oxygen atoms in total. The summed E-state index contributed by atoms with van der Waals surface area (Å²) in [5.41, 5.74) is 5.52. The fourth-order valence-electron chi connectivity index (χ4n) is 3.16. The van der Waals surface area contributed by atoms with E-state index >= 15 is 0 Å². The Morgan fingerprint density at radius 3 is 1.64 bits per heavy atom. The first-order chi connectivity index (χ1) is 10.5. The van der Waals surface area contributed by atoms with Gasteiger partial charge in [0.2, 0.25) is 0 Å². The summed E-state index contributed by atoms with van der Waals surface area (Å²) in [4.78, 5) is 0. The van der Waals surface area contributed by atoms with Crippen molar-refractivity contribution in [2.45, 2.75) is 53.4 Å². The maximum Gasteiger partial charge on any atom is -0.0136 e. The van der Waals surface area contributed by atoms with Gasteiger partial charge >= 0.3 is 0 Å². The summed E-state index contributed by atoms with van der Waals surface area (Å²) in [5, 5.41) is 0. The van der Waals surface area contributed by atoms with Crippen LogP contribution in [0.5, 0.6) is 0 Å². The highest BCUT2D eigenvalue weighted by molar-refractivity contribution is 5.64. The summed E-state index contributed by atoms with van der Waals surface area (Å²) in [6, 6.07) is 18.2. The number of hydrogen-bond donors (Lipinski definition) is 0. The standard InChI is InChI=1S/C22H30/c1-6-18-7-9-19(10-8-18)20-11-13-21(14-12-20)22(17(4)5)15-16(2)3/h7-14,16-17,22H,6,15H2,1-5H3/t22-/m1/s1. The van der Waals surface area contributed by atoms with Crippen LogP contribution in [0.1, 0.15) is 58.1 Å². The van der Waals surface area contributed by atoms with Gasteiger partial charge in [0.15, 0.2) is 0 Å². The van der Waals surface area contributed by atoms with Crippen molar-refractivity contribution in [2.24, 2.45) is 11.8 Å². The highest BCUT2D eigenvalue weighted by atomic mass is 14.2. The molecule has 0 aliphatic carbocycles. The Morgan fingerprint density at radius 2 is 1.23 bits per heavy atom. The van der Waals surface area contributed by atoms with E-state index in [0.29, 0.717) is 11.8 Å². The molecule has 0 amide bonds. The monoisotopic (exact) mass is 294 g/mol. The van der Waals surface area contributed by atoms with Crippen LogP contribution in [0.4, 0.5) is 0 Å². The van der Waals surface area contributed by atoms with E-state index in [4.69, 9.17) is 0 Å². The van der Waals surface area contributed by atoms with Crippen LogP contribution in [-0.2, 0) is 6.42 Å². The molecule has 0 spiro atoms. The van der Waals surface area contributed by atoms with Gasteiger partial charge in [0.1, 0.15) is 0 Å². The summed E-state index contributed by atoms with van der Waals surface area (Å²) in [5.74, 6) is 2.10. The zero-order chi connectivity index (χ0) is 16.1. The summed E-state index contributed by atoms with van der Waals surface area (Å²) in [6.45, 7) is 11.5. The third-order valence-electron chi connectivity index (χ3n) is 4.56. The van der Waals surface area contributed by atoms with Crippen molar-refractivity contribution in [3.63, 3.8) is 0 Å². The molecule has 0 aliphatic rings. The molecule has 22 heavy (non-hydrogen) atoms. The molecule has 0 fully saturated rings. The Bertz CT molecular complexity index is 558. The lowest BCUT2D eigenvalue weighted by molar-refractivity contribution is 0.408. The van der Waals surface area contributed by atoms with Gasteiger partial charge in [0.05, 0.1) is 0 Å². The summed E-state index contributed by atoms with van der Waals surface area (Å²) < 4.78 is 0. The largest absolute Gasteiger partial charge is 0.0628 e. The molecule has 0 aromatic heterocycles. The molecule has 2 aromatic rings. The van der Waals surface area contributed by atoms with Gasteiger partial charge in [-0.1, -0.05) is 83.1 Å². The van der Waals surface area contributed by atoms with E-state index in [1.165, 1.54) is 28.7 Å². The van der Waals surface area contributed by atoms with Crippen LogP contribution in [-0.4, -0.2) is 0 Å². The van der Waals surface area contributed by atoms with Crippen LogP contribution in [0.25, 0.3) is 11.1 Å². The van der Waals surface area contributed by atoms with E-state index in [9.17, 15) is 0 Å². The topological polar surface area (TPSA) is 0 Å². The quantitative estimate of drug-likeness (QED) is 0.556. The first-order valence-corrected chi connectivity index (χ1v) is 8.70. The molecule has 2 aromatic carbocycles. The summed E-state index contributed by atoms with van der Waals surface area (Å²) in [7, 11) is 0. The van der Waals surface area contributed by atoms with Crippen molar-refractivity contribution < 1.29 is 0 Å². The van der Waals surface area contributed by atoms with E-state index in [2.05, 4.69) is 83.1 Å². The Balaban J connectivity index is 2.20. The van der Waals surface area contributed by atoms with Gasteiger partial charge < -0.3 is 0 Å². The van der Waals surface area contributed by atoms with E-state index < -0.39 is 0 Å². The van der Waals surface area contributed by atoms with Gasteiger partial charge in [-0.15, -0.1) is 0 Å². The Hall–Kier alpha value is -1.56. The minimum Gasteiger partial charge on any atom is -0.0628 e. The van der Waals surface area contributed by atoms with Crippen LogP contribution >= 0.6 is 0 Å². The fourth-order valence-corrected chi connectivity index (χ4v) is 3.16. The molecule has 0 radical (unpaired) electrons. The molecule has 0 N–H and O–H groups in total. The predicted octanol–water partition coefficient (Wildman–Crippen LogP) is 6.70. The van der Waals surface area contributed by atoms with E-state index in [-0.39, 0.29) is 0 Å². The molecule has 0 unspecified atom stereocenters. The minimum absolute atomic E-state index is 0.663. The molecule has 2 rings (SSSR count). The minimum atomic E-state index is 0.663. The van der Waals surface area contributed by atoms with Crippen molar-refractivity contribution in [1.82, 2.24) is 0 Å². The lowest BCUT2D eigenvalue weighted by Gasteiger charge is -2.23. The number of benzene rings is 2. The average Bonchev–Trinajstić information content (AvgIpc) is 2.52. The van der Waals surface area contributed by atoms with Crippen molar-refractivity contribution in [3.05, 3.63) is 59.7 Å². The van der Waals surface area contributed by atoms with Crippen LogP contribution in [0.2, 0.25) is 0 Å². The number of aryl methyl sites for hydroxylation is 1. The first-order valence-electron chi connectivity index (χ1n) is 8.70. The number of hydrogen-bond acceptors (Lipinski definition) is 0. The second-order valence-corrected chi connectivity index (χ2v) is 7.15. The molecule has 118 valence electrons. The maximum absolute atomic E-state index is 2.34. The lowest BCUT2D eigenvalue weighted by Crippen LogP contribution is -2.09. The molecular formula is C22H30. The highest BCUT2D eigenvalue weighted by Gasteiger charge is 2.17. The van der Waals surface area contributed by atoms with Crippen molar-refractivity contribution >= 4 is 0 Å². The van der Waals surface area contributed by atoms with Crippen molar-refractivity contribution in [2.75, 3.05) is 0 Å². The molecule has 0 bridgehead atoms. The molecule has 0 saturated heterocycles. The zero-order valence-corrected chi connectivity index (χ0v) is 14.8. The van der Waals surface area contributed by atoms with Gasteiger partial charge in [-0.3, -0.25) is 0 Å². The van der Waals surface area contributed by atoms with Crippen LogP contribution in [0.3, 0.4) is 0 Å². The summed E-state index contributed by atoms with van der Waals surface area (Å²) >= 11 is 0. The molecule has 0 heteroatoms. The smallest absolute Gasteiger partial charge is 0.0136 e. The highest BCUT2D eigenvalue weighted by Crippen LogP contribution is 2.32. The predicted molar refractivity (Wildman–Crippen MR) is 98.3 cm³/mol.